The Morgan fingerprint density at radius 1 is 0.491 bits per heavy atom. The Morgan fingerprint density at radius 3 is 1.11 bits per heavy atom. The molecule has 4 N–H and O–H groups in total. The van der Waals surface area contributed by atoms with Crippen molar-refractivity contribution >= 4 is 11.9 Å². The second kappa shape index (κ2) is 14.9. The van der Waals surface area contributed by atoms with E-state index in [1.165, 1.54) is 24.3 Å². The van der Waals surface area contributed by atoms with Gasteiger partial charge in [0.15, 0.2) is 0 Å². The molecule has 6 aromatic carbocycles. The highest BCUT2D eigenvalue weighted by Gasteiger charge is 2.46. The Morgan fingerprint density at radius 2 is 0.807 bits per heavy atom. The molecular weight excluding hydrogens is 717 g/mol. The summed E-state index contributed by atoms with van der Waals surface area (Å²) in [6.45, 7) is 6.55. The lowest BCUT2D eigenvalue weighted by molar-refractivity contribution is 0.0686. The zero-order valence-electron chi connectivity index (χ0n) is 31.6. The van der Waals surface area contributed by atoms with E-state index in [0.29, 0.717) is 34.1 Å². The smallest absolute Gasteiger partial charge is 0.335 e. The summed E-state index contributed by atoms with van der Waals surface area (Å²) in [4.78, 5) is 22.8. The van der Waals surface area contributed by atoms with Crippen molar-refractivity contribution in [2.45, 2.75) is 44.3 Å². The summed E-state index contributed by atoms with van der Waals surface area (Å²) in [5, 5.41) is 39.6. The van der Waals surface area contributed by atoms with Crippen molar-refractivity contribution in [1.82, 2.24) is 0 Å². The third-order valence-electron chi connectivity index (χ3n) is 9.41. The van der Waals surface area contributed by atoms with Crippen LogP contribution in [0.25, 0.3) is 11.1 Å². The van der Waals surface area contributed by atoms with E-state index >= 15 is 0 Å². The maximum Gasteiger partial charge on any atom is 0.335 e. The molecule has 0 atom stereocenters. The van der Waals surface area contributed by atoms with E-state index in [2.05, 4.69) is 35.8 Å². The van der Waals surface area contributed by atoms with Gasteiger partial charge in [0, 0.05) is 11.1 Å². The highest BCUT2D eigenvalue weighted by molar-refractivity contribution is 5.89. The van der Waals surface area contributed by atoms with Gasteiger partial charge in [-0.2, -0.15) is 0 Å². The number of hydrogen-bond acceptors (Lipinski definition) is 6. The van der Waals surface area contributed by atoms with Crippen LogP contribution >= 0.6 is 0 Å². The molecule has 0 unspecified atom stereocenters. The van der Waals surface area contributed by atoms with Crippen LogP contribution in [0.4, 0.5) is 0 Å². The first-order valence-electron chi connectivity index (χ1n) is 18.1. The van der Waals surface area contributed by atoms with E-state index in [-0.39, 0.29) is 11.1 Å². The summed E-state index contributed by atoms with van der Waals surface area (Å²) in [6, 6.07) is 40.0. The molecule has 7 rings (SSSR count). The topological polar surface area (TPSA) is 134 Å². The molecule has 0 saturated carbocycles. The summed E-state index contributed by atoms with van der Waals surface area (Å²) in [6.07, 6.45) is 0. The molecule has 57 heavy (non-hydrogen) atoms. The average Bonchev–Trinajstić information content (AvgIpc) is 3.46. The van der Waals surface area contributed by atoms with Gasteiger partial charge in [0.05, 0.1) is 16.5 Å². The monoisotopic (exact) mass is 754 g/mol. The Labute approximate surface area is 330 Å². The molecule has 0 fully saturated rings. The van der Waals surface area contributed by atoms with Crippen molar-refractivity contribution in [3.8, 4) is 57.8 Å². The summed E-state index contributed by atoms with van der Waals surface area (Å²) in [5.41, 5.74) is 4.04. The van der Waals surface area contributed by atoms with Gasteiger partial charge in [-0.1, -0.05) is 60.1 Å². The number of carboxylic acids is 2. The SMILES string of the molecule is CC(C)(O)C#Cc1ccc2c(c1)C(c1ccc(Oc3ccc(C(=O)O)cc3)cc1)(c1ccc(Oc3ccc(C(=O)O)cc3)cc1)c1cc(C#CC(C)(C)O)ccc1-2. The van der Waals surface area contributed by atoms with Gasteiger partial charge in [-0.25, -0.2) is 9.59 Å². The lowest BCUT2D eigenvalue weighted by Crippen LogP contribution is -2.28. The Bertz CT molecular complexity index is 2430. The molecule has 0 bridgehead atoms. The third kappa shape index (κ3) is 8.15. The maximum atomic E-state index is 11.4. The van der Waals surface area contributed by atoms with E-state index in [9.17, 15) is 30.0 Å². The van der Waals surface area contributed by atoms with Crippen molar-refractivity contribution < 1.29 is 39.5 Å². The number of carbonyl (C=O) groups is 2. The molecular formula is C49H38O8. The normalized spacial score (nSPS) is 12.5. The molecule has 0 radical (unpaired) electrons. The zero-order valence-corrected chi connectivity index (χ0v) is 31.6. The van der Waals surface area contributed by atoms with Crippen molar-refractivity contribution in [3.63, 3.8) is 0 Å². The van der Waals surface area contributed by atoms with Gasteiger partial charge >= 0.3 is 11.9 Å². The third-order valence-corrected chi connectivity index (χ3v) is 9.41. The van der Waals surface area contributed by atoms with Crippen LogP contribution in [0.3, 0.4) is 0 Å². The first-order valence-corrected chi connectivity index (χ1v) is 18.1. The number of aliphatic hydroxyl groups is 2. The number of benzene rings is 6. The van der Waals surface area contributed by atoms with Crippen LogP contribution in [-0.4, -0.2) is 43.6 Å². The standard InChI is InChI=1S/C49H38O8/c1-47(2,54)27-25-31-5-23-41-42-24-6-32(26-28-48(3,4)55)30-44(42)49(43(41)29-31,35-11-19-39(20-12-35)56-37-15-7-33(8-16-37)45(50)51)36-13-21-40(22-14-36)57-38-17-9-34(10-18-38)46(52)53/h5-24,29-30,54-55H,1-4H3,(H,50,51)(H,52,53). The molecule has 0 aliphatic heterocycles. The van der Waals surface area contributed by atoms with Crippen molar-refractivity contribution in [2.75, 3.05) is 0 Å². The fourth-order valence-electron chi connectivity index (χ4n) is 6.87. The van der Waals surface area contributed by atoms with Crippen molar-refractivity contribution in [3.05, 3.63) is 178 Å². The van der Waals surface area contributed by atoms with E-state index in [4.69, 9.17) is 9.47 Å². The summed E-state index contributed by atoms with van der Waals surface area (Å²) < 4.78 is 12.3. The minimum absolute atomic E-state index is 0.156. The summed E-state index contributed by atoms with van der Waals surface area (Å²) in [7, 11) is 0. The Kier molecular flexibility index (Phi) is 9.95. The van der Waals surface area contributed by atoms with Gasteiger partial charge in [0.1, 0.15) is 34.2 Å². The molecule has 1 aliphatic rings. The number of carboxylic acid groups (broad SMARTS) is 2. The molecule has 0 amide bonds. The lowest BCUT2D eigenvalue weighted by Gasteiger charge is -2.34. The van der Waals surface area contributed by atoms with Crippen LogP contribution in [-0.2, 0) is 5.41 Å². The molecule has 0 aromatic heterocycles. The number of fused-ring (bicyclic) bond motifs is 3. The zero-order chi connectivity index (χ0) is 40.5. The summed E-state index contributed by atoms with van der Waals surface area (Å²) >= 11 is 0. The molecule has 1 aliphatic carbocycles. The van der Waals surface area contributed by atoms with E-state index in [1.54, 1.807) is 52.0 Å². The predicted molar refractivity (Wildman–Crippen MR) is 217 cm³/mol. The van der Waals surface area contributed by atoms with Crippen LogP contribution in [0.2, 0.25) is 0 Å². The Balaban J connectivity index is 1.41. The van der Waals surface area contributed by atoms with Gasteiger partial charge in [-0.15, -0.1) is 0 Å². The number of hydrogen-bond donors (Lipinski definition) is 4. The number of rotatable bonds is 8. The first kappa shape index (κ1) is 38.2. The van der Waals surface area contributed by atoms with Crippen LogP contribution in [0.5, 0.6) is 23.0 Å². The van der Waals surface area contributed by atoms with Crippen molar-refractivity contribution in [1.29, 1.82) is 0 Å². The van der Waals surface area contributed by atoms with Gasteiger partial charge in [-0.3, -0.25) is 0 Å². The molecule has 0 heterocycles. The summed E-state index contributed by atoms with van der Waals surface area (Å²) in [5.74, 6) is 12.2. The molecule has 8 heteroatoms. The molecule has 0 spiro atoms. The van der Waals surface area contributed by atoms with Crippen LogP contribution in [0, 0.1) is 23.7 Å². The molecule has 8 nitrogen and oxygen atoms in total. The Hall–Kier alpha value is -7.10. The lowest BCUT2D eigenvalue weighted by atomic mass is 9.67. The average molecular weight is 755 g/mol. The number of ether oxygens (including phenoxy) is 2. The van der Waals surface area contributed by atoms with E-state index in [0.717, 1.165) is 33.4 Å². The predicted octanol–water partition coefficient (Wildman–Crippen LogP) is 9.28. The van der Waals surface area contributed by atoms with Gasteiger partial charge in [-0.05, 0) is 158 Å². The second-order valence-electron chi connectivity index (χ2n) is 14.8. The van der Waals surface area contributed by atoms with Gasteiger partial charge < -0.3 is 29.9 Å². The van der Waals surface area contributed by atoms with E-state index < -0.39 is 28.6 Å². The molecule has 282 valence electrons. The van der Waals surface area contributed by atoms with Crippen LogP contribution in [0.15, 0.2) is 133 Å². The maximum absolute atomic E-state index is 11.4. The minimum atomic E-state index is -1.21. The number of aromatic carboxylic acids is 2. The van der Waals surface area contributed by atoms with Crippen LogP contribution in [0.1, 0.15) is 81.8 Å². The van der Waals surface area contributed by atoms with Gasteiger partial charge in [0.2, 0.25) is 0 Å². The quantitative estimate of drug-likeness (QED) is 0.113. The fourth-order valence-corrected chi connectivity index (χ4v) is 6.87. The van der Waals surface area contributed by atoms with E-state index in [1.807, 2.05) is 72.8 Å². The van der Waals surface area contributed by atoms with Crippen LogP contribution < -0.4 is 9.47 Å². The second-order valence-corrected chi connectivity index (χ2v) is 14.8. The van der Waals surface area contributed by atoms with Crippen molar-refractivity contribution in [2.24, 2.45) is 0 Å². The molecule has 6 aromatic rings. The highest BCUT2D eigenvalue weighted by Crippen LogP contribution is 2.57. The first-order chi connectivity index (χ1) is 27.1. The van der Waals surface area contributed by atoms with Gasteiger partial charge in [0.25, 0.3) is 0 Å². The molecule has 0 saturated heterocycles. The largest absolute Gasteiger partial charge is 0.478 e. The fraction of sp³-hybridized carbons (Fsp3) is 0.143. The highest BCUT2D eigenvalue weighted by atomic mass is 16.5. The minimum Gasteiger partial charge on any atom is -0.478 e.